The minimum atomic E-state index is -0.647. The third-order valence-corrected chi connectivity index (χ3v) is 2.35. The molecule has 0 unspecified atom stereocenters. The van der Waals surface area contributed by atoms with Gasteiger partial charge in [0.15, 0.2) is 11.6 Å². The minimum absolute atomic E-state index is 0.0208. The predicted molar refractivity (Wildman–Crippen MR) is 71.8 cm³/mol. The topological polar surface area (TPSA) is 96.8 Å². The molecule has 0 aliphatic rings. The number of ether oxygens (including phenoxy) is 1. The summed E-state index contributed by atoms with van der Waals surface area (Å²) >= 11 is 0. The fraction of sp³-hybridized carbons (Fsp3) is 0.154. The van der Waals surface area contributed by atoms with Gasteiger partial charge in [0, 0.05) is 12.6 Å². The van der Waals surface area contributed by atoms with Crippen LogP contribution in [0.3, 0.4) is 0 Å². The molecule has 102 valence electrons. The number of nitrogens with two attached hydrogens (primary N) is 1. The molecule has 2 aromatic rings. The highest BCUT2D eigenvalue weighted by molar-refractivity contribution is 5.44. The molecule has 0 aliphatic heterocycles. The van der Waals surface area contributed by atoms with Crippen molar-refractivity contribution in [3.63, 3.8) is 0 Å². The zero-order valence-corrected chi connectivity index (χ0v) is 10.7. The first-order chi connectivity index (χ1) is 9.62. The van der Waals surface area contributed by atoms with Gasteiger partial charge >= 0.3 is 0 Å². The summed E-state index contributed by atoms with van der Waals surface area (Å²) in [6, 6.07) is 7.26. The van der Waals surface area contributed by atoms with E-state index in [1.807, 2.05) is 13.0 Å². The molecular formula is C13H12FN5O. The van der Waals surface area contributed by atoms with Crippen LogP contribution < -0.4 is 15.8 Å². The third-order valence-electron chi connectivity index (χ3n) is 2.35. The maximum absolute atomic E-state index is 13.7. The van der Waals surface area contributed by atoms with Gasteiger partial charge in [0.05, 0.1) is 11.6 Å². The van der Waals surface area contributed by atoms with Crippen LogP contribution in [0.5, 0.6) is 11.6 Å². The number of hydrogen-bond donors (Lipinski definition) is 2. The zero-order chi connectivity index (χ0) is 14.5. The van der Waals surface area contributed by atoms with Gasteiger partial charge in [0.1, 0.15) is 5.82 Å². The molecule has 0 atom stereocenters. The van der Waals surface area contributed by atoms with Crippen molar-refractivity contribution >= 4 is 11.8 Å². The van der Waals surface area contributed by atoms with Crippen molar-refractivity contribution < 1.29 is 9.13 Å². The van der Waals surface area contributed by atoms with Crippen molar-refractivity contribution in [1.82, 2.24) is 9.97 Å². The van der Waals surface area contributed by atoms with Crippen LogP contribution in [0.1, 0.15) is 12.5 Å². The molecule has 1 aromatic carbocycles. The lowest BCUT2D eigenvalue weighted by atomic mass is 10.2. The second kappa shape index (κ2) is 5.84. The van der Waals surface area contributed by atoms with E-state index in [-0.39, 0.29) is 23.1 Å². The monoisotopic (exact) mass is 273 g/mol. The lowest BCUT2D eigenvalue weighted by molar-refractivity contribution is 0.427. The highest BCUT2D eigenvalue weighted by atomic mass is 19.1. The number of nitrogen functional groups attached to an aromatic ring is 1. The molecule has 20 heavy (non-hydrogen) atoms. The van der Waals surface area contributed by atoms with Crippen molar-refractivity contribution in [2.45, 2.75) is 6.92 Å². The molecule has 0 fully saturated rings. The summed E-state index contributed by atoms with van der Waals surface area (Å²) in [4.78, 5) is 7.82. The van der Waals surface area contributed by atoms with Crippen molar-refractivity contribution in [1.29, 1.82) is 5.26 Å². The van der Waals surface area contributed by atoms with Gasteiger partial charge in [0.2, 0.25) is 11.8 Å². The van der Waals surface area contributed by atoms with Gasteiger partial charge in [-0.3, -0.25) is 0 Å². The molecule has 0 aliphatic carbocycles. The van der Waals surface area contributed by atoms with Gasteiger partial charge in [-0.15, -0.1) is 0 Å². The zero-order valence-electron chi connectivity index (χ0n) is 10.7. The summed E-state index contributed by atoms with van der Waals surface area (Å²) in [6.07, 6.45) is 0. The molecule has 0 amide bonds. The summed E-state index contributed by atoms with van der Waals surface area (Å²) in [5.74, 6) is -0.0515. The van der Waals surface area contributed by atoms with E-state index in [1.54, 1.807) is 0 Å². The van der Waals surface area contributed by atoms with Gasteiger partial charge in [-0.1, -0.05) is 0 Å². The van der Waals surface area contributed by atoms with Gasteiger partial charge in [0.25, 0.3) is 0 Å². The van der Waals surface area contributed by atoms with Crippen molar-refractivity contribution in [2.24, 2.45) is 0 Å². The molecule has 3 N–H and O–H groups in total. The van der Waals surface area contributed by atoms with E-state index in [4.69, 9.17) is 15.7 Å². The smallest absolute Gasteiger partial charge is 0.226 e. The summed E-state index contributed by atoms with van der Waals surface area (Å²) in [7, 11) is 0. The second-order valence-electron chi connectivity index (χ2n) is 3.84. The maximum Gasteiger partial charge on any atom is 0.226 e. The fourth-order valence-corrected chi connectivity index (χ4v) is 1.53. The fourth-order valence-electron chi connectivity index (χ4n) is 1.53. The van der Waals surface area contributed by atoms with E-state index in [0.29, 0.717) is 12.4 Å². The Bertz CT molecular complexity index is 668. The number of benzene rings is 1. The van der Waals surface area contributed by atoms with E-state index >= 15 is 0 Å². The maximum atomic E-state index is 13.7. The number of nitrogens with zero attached hydrogens (tertiary/aromatic N) is 3. The van der Waals surface area contributed by atoms with Crippen LogP contribution in [0, 0.1) is 17.1 Å². The van der Waals surface area contributed by atoms with Gasteiger partial charge in [-0.05, 0) is 25.1 Å². The van der Waals surface area contributed by atoms with Crippen LogP contribution >= 0.6 is 0 Å². The van der Waals surface area contributed by atoms with Crippen molar-refractivity contribution in [2.75, 3.05) is 17.6 Å². The molecule has 7 heteroatoms. The Kier molecular flexibility index (Phi) is 3.96. The highest BCUT2D eigenvalue weighted by Gasteiger charge is 2.09. The number of nitrogens with one attached hydrogen (secondary N) is 1. The molecule has 6 nitrogen and oxygen atoms in total. The third kappa shape index (κ3) is 3.11. The summed E-state index contributed by atoms with van der Waals surface area (Å²) in [5, 5.41) is 11.6. The minimum Gasteiger partial charge on any atom is -0.436 e. The Morgan fingerprint density at radius 3 is 2.85 bits per heavy atom. The number of rotatable bonds is 4. The van der Waals surface area contributed by atoms with Crippen LogP contribution in [0.4, 0.5) is 16.2 Å². The van der Waals surface area contributed by atoms with Crippen LogP contribution in [-0.4, -0.2) is 16.5 Å². The Hall–Kier alpha value is -2.88. The lowest BCUT2D eigenvalue weighted by Crippen LogP contribution is -2.04. The molecule has 0 radical (unpaired) electrons. The molecule has 1 aromatic heterocycles. The lowest BCUT2D eigenvalue weighted by Gasteiger charge is -2.08. The van der Waals surface area contributed by atoms with Crippen molar-refractivity contribution in [3.8, 4) is 17.7 Å². The average molecular weight is 273 g/mol. The first kappa shape index (κ1) is 13.5. The van der Waals surface area contributed by atoms with E-state index in [2.05, 4.69) is 15.3 Å². The molecule has 2 rings (SSSR count). The molecular weight excluding hydrogens is 261 g/mol. The summed E-state index contributed by atoms with van der Waals surface area (Å²) in [6.45, 7) is 2.56. The standard InChI is InChI=1S/C13H12FN5O/c1-2-17-11-6-12(19-13(16)18-11)20-10-4-3-8(7-15)5-9(10)14/h3-6H,2H2,1H3,(H3,16,17,18,19). The Labute approximate surface area is 115 Å². The van der Waals surface area contributed by atoms with E-state index < -0.39 is 5.82 Å². The van der Waals surface area contributed by atoms with E-state index in [0.717, 1.165) is 6.07 Å². The number of anilines is 2. The second-order valence-corrected chi connectivity index (χ2v) is 3.84. The number of nitriles is 1. The molecule has 1 heterocycles. The van der Waals surface area contributed by atoms with Crippen molar-refractivity contribution in [3.05, 3.63) is 35.6 Å². The average Bonchev–Trinajstić information content (AvgIpc) is 2.41. The Morgan fingerprint density at radius 1 is 1.40 bits per heavy atom. The van der Waals surface area contributed by atoms with Gasteiger partial charge in [-0.25, -0.2) is 4.39 Å². The van der Waals surface area contributed by atoms with Crippen LogP contribution in [0.25, 0.3) is 0 Å². The quantitative estimate of drug-likeness (QED) is 0.887. The Balaban J connectivity index is 2.28. The first-order valence-electron chi connectivity index (χ1n) is 5.88. The number of halogens is 1. The SMILES string of the molecule is CCNc1cc(Oc2ccc(C#N)cc2F)nc(N)n1. The van der Waals surface area contributed by atoms with E-state index in [9.17, 15) is 4.39 Å². The van der Waals surface area contributed by atoms with Gasteiger partial charge < -0.3 is 15.8 Å². The summed E-state index contributed by atoms with van der Waals surface area (Å²) < 4.78 is 19.0. The van der Waals surface area contributed by atoms with Crippen LogP contribution in [0.2, 0.25) is 0 Å². The normalized spacial score (nSPS) is 9.85. The summed E-state index contributed by atoms with van der Waals surface area (Å²) in [5.41, 5.74) is 5.76. The molecule has 0 bridgehead atoms. The Morgan fingerprint density at radius 2 is 2.20 bits per heavy atom. The number of aromatic nitrogens is 2. The largest absolute Gasteiger partial charge is 0.436 e. The first-order valence-corrected chi connectivity index (χ1v) is 5.88. The highest BCUT2D eigenvalue weighted by Crippen LogP contribution is 2.25. The van der Waals surface area contributed by atoms with Gasteiger partial charge in [-0.2, -0.15) is 15.2 Å². The van der Waals surface area contributed by atoms with Crippen LogP contribution in [-0.2, 0) is 0 Å². The van der Waals surface area contributed by atoms with E-state index in [1.165, 1.54) is 18.2 Å². The predicted octanol–water partition coefficient (Wildman–Crippen LogP) is 2.29. The molecule has 0 saturated carbocycles. The molecule has 0 spiro atoms. The number of hydrogen-bond acceptors (Lipinski definition) is 6. The molecule has 0 saturated heterocycles. The van der Waals surface area contributed by atoms with Crippen LogP contribution in [0.15, 0.2) is 24.3 Å².